The van der Waals surface area contributed by atoms with Crippen LogP contribution in [0.2, 0.25) is 0 Å². The van der Waals surface area contributed by atoms with E-state index < -0.39 is 6.85 Å². The van der Waals surface area contributed by atoms with E-state index in [-0.39, 0.29) is 50.0 Å². The van der Waals surface area contributed by atoms with Crippen LogP contribution in [0.25, 0.3) is 21.9 Å². The van der Waals surface area contributed by atoms with Crippen molar-refractivity contribution in [3.8, 4) is 0 Å². The minimum Gasteiger partial charge on any atom is -0.456 e. The Morgan fingerprint density at radius 3 is 1.51 bits per heavy atom. The molecule has 3 aliphatic carbocycles. The van der Waals surface area contributed by atoms with Crippen LogP contribution in [-0.4, -0.2) is 6.71 Å². The third kappa shape index (κ3) is 6.81. The van der Waals surface area contributed by atoms with Crippen LogP contribution in [0.5, 0.6) is 0 Å². The van der Waals surface area contributed by atoms with E-state index in [0.29, 0.717) is 5.56 Å². The third-order valence-electron chi connectivity index (χ3n) is 19.1. The van der Waals surface area contributed by atoms with E-state index in [1.165, 1.54) is 49.9 Å². The summed E-state index contributed by atoms with van der Waals surface area (Å²) in [6.45, 7) is 40.1. The van der Waals surface area contributed by atoms with E-state index in [0.717, 1.165) is 99.2 Å². The van der Waals surface area contributed by atoms with Gasteiger partial charge >= 0.3 is 0 Å². The van der Waals surface area contributed by atoms with Gasteiger partial charge in [-0.05, 0) is 198 Å². The van der Waals surface area contributed by atoms with Gasteiger partial charge in [-0.15, -0.1) is 0 Å². The molecule has 0 atom stereocenters. The molecule has 372 valence electrons. The molecule has 5 aliphatic rings. The van der Waals surface area contributed by atoms with Gasteiger partial charge < -0.3 is 14.2 Å². The second kappa shape index (κ2) is 14.5. The third-order valence-corrected chi connectivity index (χ3v) is 19.1. The molecule has 4 heteroatoms. The Morgan fingerprint density at radius 2 is 0.972 bits per heavy atom. The van der Waals surface area contributed by atoms with Crippen molar-refractivity contribution in [3.63, 3.8) is 0 Å². The summed E-state index contributed by atoms with van der Waals surface area (Å²) in [5, 5.41) is 2.16. The first-order chi connectivity index (χ1) is 34.5. The van der Waals surface area contributed by atoms with E-state index >= 15 is 0 Å². The summed E-state index contributed by atoms with van der Waals surface area (Å²) < 4.78 is 35.0. The van der Waals surface area contributed by atoms with Crippen LogP contribution in [0.3, 0.4) is 0 Å². The van der Waals surface area contributed by atoms with Gasteiger partial charge in [0.25, 0.3) is 6.71 Å². The van der Waals surface area contributed by atoms with E-state index in [4.69, 9.17) is 4.42 Å². The molecule has 7 aromatic rings. The molecule has 3 nitrogen and oxygen atoms in total. The van der Waals surface area contributed by atoms with Gasteiger partial charge in [-0.25, -0.2) is 0 Å². The Balaban J connectivity index is 1.25. The smallest absolute Gasteiger partial charge is 0.252 e. The molecule has 0 bridgehead atoms. The largest absolute Gasteiger partial charge is 0.456 e. The maximum Gasteiger partial charge on any atom is 0.252 e. The number of nitrogens with zero attached hydrogens (tertiary/aromatic N) is 2. The van der Waals surface area contributed by atoms with Crippen molar-refractivity contribution in [2.24, 2.45) is 0 Å². The Labute approximate surface area is 437 Å². The quantitative estimate of drug-likeness (QED) is 0.161. The molecule has 3 heterocycles. The van der Waals surface area contributed by atoms with Crippen LogP contribution in [0, 0.1) is 6.85 Å². The minimum absolute atomic E-state index is 0.0322. The number of aryl methyl sites for hydroxylation is 1. The fraction of sp³-hybridized carbons (Fsp3) is 0.471. The molecule has 0 saturated carbocycles. The Hall–Kier alpha value is -5.22. The van der Waals surface area contributed by atoms with Crippen molar-refractivity contribution < 1.29 is 8.53 Å². The normalized spacial score (nSPS) is 21.2. The summed E-state index contributed by atoms with van der Waals surface area (Å²) in [5.41, 5.74) is 22.4. The molecule has 0 spiro atoms. The Morgan fingerprint density at radius 1 is 0.472 bits per heavy atom. The van der Waals surface area contributed by atoms with Crippen LogP contribution in [0.1, 0.15) is 211 Å². The molecule has 6 aromatic carbocycles. The number of fused-ring (bicyclic) bond motifs is 10. The maximum atomic E-state index is 9.34. The van der Waals surface area contributed by atoms with Gasteiger partial charge in [-0.3, -0.25) is 0 Å². The molecule has 12 rings (SSSR count). The average molecular weight is 956 g/mol. The maximum absolute atomic E-state index is 9.34. The molecule has 0 fully saturated rings. The van der Waals surface area contributed by atoms with Crippen molar-refractivity contribution in [1.82, 2.24) is 0 Å². The summed E-state index contributed by atoms with van der Waals surface area (Å²) in [7, 11) is 0. The Bertz CT molecular complexity index is 3620. The first-order valence-electron chi connectivity index (χ1n) is 28.8. The van der Waals surface area contributed by atoms with E-state index in [1.54, 1.807) is 0 Å². The first kappa shape index (κ1) is 44.3. The molecular weight excluding hydrogens is 872 g/mol. The lowest BCUT2D eigenvalue weighted by Gasteiger charge is -2.48. The molecule has 0 amide bonds. The molecular formula is C68H81BN2O. The predicted octanol–water partition coefficient (Wildman–Crippen LogP) is 17.2. The monoisotopic (exact) mass is 956 g/mol. The van der Waals surface area contributed by atoms with Crippen LogP contribution in [0.4, 0.5) is 34.1 Å². The summed E-state index contributed by atoms with van der Waals surface area (Å²) in [4.78, 5) is 4.98. The number of hydrogen-bond donors (Lipinski definition) is 0. The summed E-state index contributed by atoms with van der Waals surface area (Å²) >= 11 is 0. The van der Waals surface area contributed by atoms with Crippen LogP contribution >= 0.6 is 0 Å². The topological polar surface area (TPSA) is 19.6 Å². The number of furan rings is 1. The van der Waals surface area contributed by atoms with Crippen molar-refractivity contribution in [2.75, 3.05) is 9.80 Å². The zero-order chi connectivity index (χ0) is 54.1. The number of benzene rings is 6. The first-order valence-corrected chi connectivity index (χ1v) is 27.3. The molecule has 0 radical (unpaired) electrons. The lowest BCUT2D eigenvalue weighted by atomic mass is 9.33. The van der Waals surface area contributed by atoms with Gasteiger partial charge in [0.2, 0.25) is 0 Å². The summed E-state index contributed by atoms with van der Waals surface area (Å²) in [5.74, 6) is 0. The fourth-order valence-corrected chi connectivity index (χ4v) is 14.8. The van der Waals surface area contributed by atoms with Gasteiger partial charge in [0.05, 0.1) is 0 Å². The van der Waals surface area contributed by atoms with Crippen molar-refractivity contribution in [1.29, 1.82) is 0 Å². The second-order valence-electron chi connectivity index (χ2n) is 29.3. The van der Waals surface area contributed by atoms with Crippen LogP contribution < -0.4 is 26.2 Å². The van der Waals surface area contributed by atoms with Crippen LogP contribution in [-0.2, 0) is 43.3 Å². The van der Waals surface area contributed by atoms with Gasteiger partial charge in [0.15, 0.2) is 0 Å². The van der Waals surface area contributed by atoms with Gasteiger partial charge in [-0.1, -0.05) is 155 Å². The number of anilines is 6. The summed E-state index contributed by atoms with van der Waals surface area (Å²) in [6.07, 6.45) is 5.48. The van der Waals surface area contributed by atoms with Crippen molar-refractivity contribution in [2.45, 2.75) is 207 Å². The van der Waals surface area contributed by atoms with E-state index in [1.807, 2.05) is 6.07 Å². The predicted molar refractivity (Wildman–Crippen MR) is 311 cm³/mol. The molecule has 2 aliphatic heterocycles. The highest BCUT2D eigenvalue weighted by atomic mass is 16.3. The van der Waals surface area contributed by atoms with Gasteiger partial charge in [0, 0.05) is 54.6 Å². The number of rotatable bonds is 2. The van der Waals surface area contributed by atoms with Crippen molar-refractivity contribution in [3.05, 3.63) is 135 Å². The highest BCUT2D eigenvalue weighted by Gasteiger charge is 2.50. The highest BCUT2D eigenvalue weighted by Crippen LogP contribution is 2.56. The van der Waals surface area contributed by atoms with Crippen LogP contribution in [0.15, 0.2) is 89.3 Å². The SMILES string of the molecule is [2H]C([2H])([2H])c1cc2c3c(c1)N(c1cc(C(C)(C)C)c4oc5cc(C(C)(C)C)ccc5c4c1)c1cc4c(cc1B3c1cc3c(cc1N2c1ccc2c(c1)C(C)(C)CCC2(C)C)C(C)(C)CCC3(C)C)C(C)(C)CC4(C)C. The molecule has 0 saturated heterocycles. The zero-order valence-electron chi connectivity index (χ0n) is 50.0. The molecule has 72 heavy (non-hydrogen) atoms. The highest BCUT2D eigenvalue weighted by molar-refractivity contribution is 7.00. The summed E-state index contributed by atoms with van der Waals surface area (Å²) in [6, 6.07) is 33.1. The standard InChI is InChI=1S/C68H81BN2O/c1-39-28-56-59-57(29-39)71(42-31-44-43-22-20-40(61(2,3)4)30-58(43)72-60(44)51(33-42)62(5,6)7)55-37-50-48(67(16,17)38-68(50,18)19)35-53(55)69(59)52-34-47-49(66(14,15)27-26-65(47,12)13)36-54(52)70(56)41-21-23-45-46(32-41)64(10,11)25-24-63(45,8)9/h20-23,28-37H,24-27,38H2,1-19H3/i1D3. The lowest BCUT2D eigenvalue weighted by Crippen LogP contribution is -2.62. The van der Waals surface area contributed by atoms with E-state index in [9.17, 15) is 4.11 Å². The van der Waals surface area contributed by atoms with Crippen molar-refractivity contribution >= 4 is 79.2 Å². The van der Waals surface area contributed by atoms with Gasteiger partial charge in [-0.2, -0.15) is 0 Å². The Kier molecular flexibility index (Phi) is 8.95. The fourth-order valence-electron chi connectivity index (χ4n) is 14.8. The molecule has 0 N–H and O–H groups in total. The average Bonchev–Trinajstić information content (AvgIpc) is 3.77. The lowest BCUT2D eigenvalue weighted by molar-refractivity contribution is 0.332. The zero-order valence-corrected chi connectivity index (χ0v) is 47.0. The van der Waals surface area contributed by atoms with E-state index in [2.05, 4.69) is 213 Å². The number of hydrogen-bond acceptors (Lipinski definition) is 3. The molecule has 0 unspecified atom stereocenters. The van der Waals surface area contributed by atoms with Gasteiger partial charge in [0.1, 0.15) is 11.2 Å². The minimum atomic E-state index is -2.39. The molecule has 1 aromatic heterocycles. The second-order valence-corrected chi connectivity index (χ2v) is 29.3.